The van der Waals surface area contributed by atoms with Crippen molar-refractivity contribution >= 4 is 39.1 Å². The number of sulfonamides is 1. The first-order valence-electron chi connectivity index (χ1n) is 13.0. The molecule has 1 N–H and O–H groups in total. The Bertz CT molecular complexity index is 1410. The topological polar surface area (TPSA) is 86.8 Å². The average Bonchev–Trinajstić information content (AvgIpc) is 2.90. The number of rotatable bonds is 11. The highest BCUT2D eigenvalue weighted by Crippen LogP contribution is 2.29. The molecule has 0 aliphatic heterocycles. The molecule has 0 saturated carbocycles. The van der Waals surface area contributed by atoms with E-state index in [0.29, 0.717) is 23.7 Å². The molecule has 0 aliphatic rings. The number of halogens is 1. The van der Waals surface area contributed by atoms with Gasteiger partial charge in [-0.25, -0.2) is 8.42 Å². The lowest BCUT2D eigenvalue weighted by Crippen LogP contribution is -2.52. The van der Waals surface area contributed by atoms with Crippen LogP contribution in [0.5, 0.6) is 0 Å². The quantitative estimate of drug-likeness (QED) is 0.335. The zero-order valence-corrected chi connectivity index (χ0v) is 24.6. The second kappa shape index (κ2) is 13.1. The lowest BCUT2D eigenvalue weighted by atomic mass is 10.1. The van der Waals surface area contributed by atoms with Gasteiger partial charge in [-0.3, -0.25) is 13.9 Å². The molecule has 39 heavy (non-hydrogen) atoms. The van der Waals surface area contributed by atoms with Gasteiger partial charge in [0.1, 0.15) is 12.6 Å². The predicted molar refractivity (Wildman–Crippen MR) is 156 cm³/mol. The monoisotopic (exact) mass is 569 g/mol. The highest BCUT2D eigenvalue weighted by molar-refractivity contribution is 7.92. The second-order valence-electron chi connectivity index (χ2n) is 9.51. The number of hydrogen-bond donors (Lipinski definition) is 1. The highest BCUT2D eigenvalue weighted by Gasteiger charge is 2.34. The van der Waals surface area contributed by atoms with E-state index in [1.165, 1.54) is 4.90 Å². The van der Waals surface area contributed by atoms with Gasteiger partial charge >= 0.3 is 0 Å². The zero-order valence-electron chi connectivity index (χ0n) is 23.1. The number of carbonyl (C=O) groups excluding carboxylic acids is 2. The largest absolute Gasteiger partial charge is 0.355 e. The Hall–Kier alpha value is -3.36. The number of hydrogen-bond acceptors (Lipinski definition) is 4. The third-order valence-electron chi connectivity index (χ3n) is 6.74. The van der Waals surface area contributed by atoms with E-state index in [-0.39, 0.29) is 17.3 Å². The van der Waals surface area contributed by atoms with Crippen molar-refractivity contribution in [1.82, 2.24) is 10.2 Å². The van der Waals surface area contributed by atoms with Crippen LogP contribution in [0.25, 0.3) is 0 Å². The molecule has 0 unspecified atom stereocenters. The Morgan fingerprint density at radius 3 is 2.15 bits per heavy atom. The van der Waals surface area contributed by atoms with Crippen molar-refractivity contribution in [1.29, 1.82) is 0 Å². The van der Waals surface area contributed by atoms with Crippen molar-refractivity contribution in [3.05, 3.63) is 94.0 Å². The fourth-order valence-electron chi connectivity index (χ4n) is 4.35. The number of anilines is 1. The van der Waals surface area contributed by atoms with E-state index >= 15 is 0 Å². The third kappa shape index (κ3) is 7.19. The molecule has 0 fully saturated rings. The molecule has 0 bridgehead atoms. The van der Waals surface area contributed by atoms with Crippen LogP contribution < -0.4 is 9.62 Å². The Morgan fingerprint density at radius 2 is 1.56 bits per heavy atom. The predicted octanol–water partition coefficient (Wildman–Crippen LogP) is 5.40. The van der Waals surface area contributed by atoms with Crippen molar-refractivity contribution in [2.45, 2.75) is 58.5 Å². The number of carbonyl (C=O) groups is 2. The van der Waals surface area contributed by atoms with Gasteiger partial charge in [0, 0.05) is 18.1 Å². The van der Waals surface area contributed by atoms with Gasteiger partial charge in [-0.15, -0.1) is 0 Å². The Morgan fingerprint density at radius 1 is 0.923 bits per heavy atom. The number of likely N-dealkylation sites (N-methyl/N-ethyl adjacent to an activating group) is 1. The molecular formula is C30H36ClN3O4S. The molecule has 0 saturated heterocycles. The minimum absolute atomic E-state index is 0.0850. The fraction of sp³-hybridized carbons (Fsp3) is 0.333. The molecule has 3 aromatic carbocycles. The maximum atomic E-state index is 14.0. The van der Waals surface area contributed by atoms with E-state index in [2.05, 4.69) is 5.32 Å². The van der Waals surface area contributed by atoms with Gasteiger partial charge in [-0.2, -0.15) is 0 Å². The first-order valence-corrected chi connectivity index (χ1v) is 14.8. The van der Waals surface area contributed by atoms with Crippen LogP contribution in [0.1, 0.15) is 42.5 Å². The molecule has 208 valence electrons. The van der Waals surface area contributed by atoms with E-state index in [0.717, 1.165) is 26.6 Å². The minimum atomic E-state index is -4.11. The van der Waals surface area contributed by atoms with Crippen molar-refractivity contribution in [3.8, 4) is 0 Å². The molecule has 3 aromatic rings. The molecule has 7 nitrogen and oxygen atoms in total. The van der Waals surface area contributed by atoms with Crippen LogP contribution >= 0.6 is 11.6 Å². The van der Waals surface area contributed by atoms with E-state index in [9.17, 15) is 18.0 Å². The van der Waals surface area contributed by atoms with E-state index < -0.39 is 28.5 Å². The summed E-state index contributed by atoms with van der Waals surface area (Å²) >= 11 is 6.06. The van der Waals surface area contributed by atoms with Crippen LogP contribution in [0.15, 0.2) is 71.6 Å². The molecule has 1 atom stereocenters. The standard InChI is InChI=1S/C30H36ClN3O4S/c1-6-27(30(36)32-7-2)33(19-24-13-15-25(31)16-14-24)29(35)20-34(28-10-8-9-22(4)23(28)5)39(37,38)26-17-11-21(3)12-18-26/h8-18,27H,6-7,19-20H2,1-5H3,(H,32,36)/t27-/m0/s1. The molecule has 2 amide bonds. The lowest BCUT2D eigenvalue weighted by molar-refractivity contribution is -0.140. The highest BCUT2D eigenvalue weighted by atomic mass is 35.5. The summed E-state index contributed by atoms with van der Waals surface area (Å²) in [5.74, 6) is -0.776. The lowest BCUT2D eigenvalue weighted by Gasteiger charge is -2.33. The van der Waals surface area contributed by atoms with E-state index in [1.807, 2.05) is 40.7 Å². The average molecular weight is 570 g/mol. The molecule has 9 heteroatoms. The number of nitrogens with one attached hydrogen (secondary N) is 1. The first kappa shape index (κ1) is 30.2. The van der Waals surface area contributed by atoms with Crippen molar-refractivity contribution in [2.75, 3.05) is 17.4 Å². The normalized spacial score (nSPS) is 12.1. The van der Waals surface area contributed by atoms with Crippen molar-refractivity contribution in [2.24, 2.45) is 0 Å². The minimum Gasteiger partial charge on any atom is -0.355 e. The van der Waals surface area contributed by atoms with Crippen molar-refractivity contribution < 1.29 is 18.0 Å². The Kier molecular flexibility index (Phi) is 10.2. The van der Waals surface area contributed by atoms with Crippen LogP contribution in [0.2, 0.25) is 5.02 Å². The summed E-state index contributed by atoms with van der Waals surface area (Å²) in [5.41, 5.74) is 3.76. The maximum Gasteiger partial charge on any atom is 0.264 e. The third-order valence-corrected chi connectivity index (χ3v) is 8.76. The van der Waals surface area contributed by atoms with Crippen LogP contribution in [-0.2, 0) is 26.2 Å². The molecule has 0 radical (unpaired) electrons. The van der Waals surface area contributed by atoms with Crippen LogP contribution in [0.4, 0.5) is 5.69 Å². The van der Waals surface area contributed by atoms with E-state index in [1.54, 1.807) is 60.7 Å². The fourth-order valence-corrected chi connectivity index (χ4v) is 5.95. The summed E-state index contributed by atoms with van der Waals surface area (Å²) < 4.78 is 29.2. The van der Waals surface area contributed by atoms with Crippen LogP contribution in [0, 0.1) is 20.8 Å². The maximum absolute atomic E-state index is 14.0. The van der Waals surface area contributed by atoms with Gasteiger partial charge < -0.3 is 10.2 Å². The van der Waals surface area contributed by atoms with Gasteiger partial charge in [0.15, 0.2) is 0 Å². The summed E-state index contributed by atoms with van der Waals surface area (Å²) in [6, 6.07) is 18.1. The van der Waals surface area contributed by atoms with Crippen LogP contribution in [-0.4, -0.2) is 44.3 Å². The Balaban J connectivity index is 2.10. The van der Waals surface area contributed by atoms with Gasteiger partial charge in [0.2, 0.25) is 11.8 Å². The summed E-state index contributed by atoms with van der Waals surface area (Å²) in [7, 11) is -4.11. The zero-order chi connectivity index (χ0) is 28.7. The summed E-state index contributed by atoms with van der Waals surface area (Å²) in [6.45, 7) is 9.31. The number of aryl methyl sites for hydroxylation is 2. The van der Waals surface area contributed by atoms with Gasteiger partial charge in [0.25, 0.3) is 10.0 Å². The molecular weight excluding hydrogens is 534 g/mol. The molecule has 0 spiro atoms. The number of nitrogens with zero attached hydrogens (tertiary/aromatic N) is 2. The van der Waals surface area contributed by atoms with Gasteiger partial charge in [-0.05, 0) is 81.1 Å². The number of amides is 2. The number of benzene rings is 3. The smallest absolute Gasteiger partial charge is 0.264 e. The summed E-state index contributed by atoms with van der Waals surface area (Å²) in [5, 5.41) is 3.36. The molecule has 0 aliphatic carbocycles. The van der Waals surface area contributed by atoms with Gasteiger partial charge in [-0.1, -0.05) is 60.5 Å². The second-order valence-corrected chi connectivity index (χ2v) is 11.8. The molecule has 0 heterocycles. The first-order chi connectivity index (χ1) is 18.5. The molecule has 3 rings (SSSR count). The van der Waals surface area contributed by atoms with Crippen LogP contribution in [0.3, 0.4) is 0 Å². The van der Waals surface area contributed by atoms with Gasteiger partial charge in [0.05, 0.1) is 10.6 Å². The summed E-state index contributed by atoms with van der Waals surface area (Å²) in [4.78, 5) is 28.6. The Labute approximate surface area is 236 Å². The molecule has 0 aromatic heterocycles. The summed E-state index contributed by atoms with van der Waals surface area (Å²) in [6.07, 6.45) is 0.360. The van der Waals surface area contributed by atoms with E-state index in [4.69, 9.17) is 11.6 Å². The SMILES string of the molecule is CCNC(=O)[C@H](CC)N(Cc1ccc(Cl)cc1)C(=O)CN(c1cccc(C)c1C)S(=O)(=O)c1ccc(C)cc1. The van der Waals surface area contributed by atoms with Crippen molar-refractivity contribution in [3.63, 3.8) is 0 Å².